The fourth-order valence-corrected chi connectivity index (χ4v) is 4.48. The Bertz CT molecular complexity index is 1460. The van der Waals surface area contributed by atoms with Gasteiger partial charge in [-0.15, -0.1) is 0 Å². The standard InChI is InChI=1S/C28H26ClN5O2/c1-17-7-12-24(18(2)13-17)33-27(35)25-19(3)32-28-30-16-31-34(28)26(25)21-5-4-6-23(14-21)36-15-20-8-10-22(29)11-9-20/h4-14,16,26H,15H2,1-3H3,(H,33,35)(H,30,31,32)/t26-/m1/s1. The van der Waals surface area contributed by atoms with Crippen LogP contribution < -0.4 is 15.4 Å². The number of allylic oxidation sites excluding steroid dienone is 1. The van der Waals surface area contributed by atoms with Crippen LogP contribution in [-0.2, 0) is 11.4 Å². The second kappa shape index (κ2) is 9.87. The maximum atomic E-state index is 13.6. The predicted octanol–water partition coefficient (Wildman–Crippen LogP) is 6.05. The van der Waals surface area contributed by atoms with Gasteiger partial charge in [0, 0.05) is 16.4 Å². The highest BCUT2D eigenvalue weighted by Crippen LogP contribution is 2.36. The number of hydrogen-bond acceptors (Lipinski definition) is 5. The number of ether oxygens (including phenoxy) is 1. The molecule has 0 unspecified atom stereocenters. The molecule has 5 rings (SSSR count). The molecule has 0 aliphatic carbocycles. The molecular weight excluding hydrogens is 474 g/mol. The third-order valence-electron chi connectivity index (χ3n) is 6.16. The number of hydrogen-bond donors (Lipinski definition) is 2. The second-order valence-corrected chi connectivity index (χ2v) is 9.29. The van der Waals surface area contributed by atoms with E-state index in [1.165, 1.54) is 6.33 Å². The smallest absolute Gasteiger partial charge is 0.255 e. The molecule has 0 saturated heterocycles. The summed E-state index contributed by atoms with van der Waals surface area (Å²) in [6.45, 7) is 6.29. The van der Waals surface area contributed by atoms with Crippen molar-refractivity contribution in [3.8, 4) is 5.75 Å². The van der Waals surface area contributed by atoms with Crippen LogP contribution in [0, 0.1) is 13.8 Å². The molecule has 0 spiro atoms. The maximum absolute atomic E-state index is 13.6. The first-order valence-electron chi connectivity index (χ1n) is 11.6. The Labute approximate surface area is 214 Å². The molecule has 0 saturated carbocycles. The van der Waals surface area contributed by atoms with E-state index < -0.39 is 6.04 Å². The van der Waals surface area contributed by atoms with Crippen molar-refractivity contribution in [2.24, 2.45) is 0 Å². The molecule has 3 aromatic carbocycles. The highest BCUT2D eigenvalue weighted by molar-refractivity contribution is 6.30. The van der Waals surface area contributed by atoms with Gasteiger partial charge in [-0.05, 0) is 67.8 Å². The van der Waals surface area contributed by atoms with Crippen LogP contribution in [0.3, 0.4) is 0 Å². The van der Waals surface area contributed by atoms with Gasteiger partial charge in [0.15, 0.2) is 0 Å². The van der Waals surface area contributed by atoms with Crippen molar-refractivity contribution < 1.29 is 9.53 Å². The first-order chi connectivity index (χ1) is 17.4. The Morgan fingerprint density at radius 1 is 1.08 bits per heavy atom. The van der Waals surface area contributed by atoms with Crippen LogP contribution in [0.15, 0.2) is 84.3 Å². The number of carbonyl (C=O) groups excluding carboxylic acids is 1. The van der Waals surface area contributed by atoms with Crippen LogP contribution in [0.1, 0.15) is 35.2 Å². The normalized spacial score (nSPS) is 14.7. The SMILES string of the molecule is CC1=C(C(=O)Nc2ccc(C)cc2C)[C@@H](c2cccc(OCc3ccc(Cl)cc3)c2)n2ncnc2N1. The number of amides is 1. The number of anilines is 2. The average Bonchev–Trinajstić information content (AvgIpc) is 3.32. The van der Waals surface area contributed by atoms with Crippen molar-refractivity contribution in [3.05, 3.63) is 112 Å². The van der Waals surface area contributed by atoms with Crippen molar-refractivity contribution in [2.45, 2.75) is 33.4 Å². The predicted molar refractivity (Wildman–Crippen MR) is 141 cm³/mol. The highest BCUT2D eigenvalue weighted by Gasteiger charge is 2.33. The number of halogens is 1. The minimum atomic E-state index is -0.478. The monoisotopic (exact) mass is 499 g/mol. The van der Waals surface area contributed by atoms with Gasteiger partial charge in [-0.1, -0.05) is 53.6 Å². The first-order valence-corrected chi connectivity index (χ1v) is 12.0. The minimum Gasteiger partial charge on any atom is -0.489 e. The average molecular weight is 500 g/mol. The molecule has 36 heavy (non-hydrogen) atoms. The summed E-state index contributed by atoms with van der Waals surface area (Å²) in [5.41, 5.74) is 6.06. The molecule has 1 aliphatic rings. The molecule has 0 fully saturated rings. The quantitative estimate of drug-likeness (QED) is 0.337. The van der Waals surface area contributed by atoms with Crippen molar-refractivity contribution >= 4 is 29.1 Å². The molecule has 0 bridgehead atoms. The van der Waals surface area contributed by atoms with E-state index in [0.717, 1.165) is 33.6 Å². The fraction of sp³-hybridized carbons (Fsp3) is 0.179. The molecule has 2 N–H and O–H groups in total. The van der Waals surface area contributed by atoms with Gasteiger partial charge < -0.3 is 15.4 Å². The number of nitrogens with one attached hydrogen (secondary N) is 2. The summed E-state index contributed by atoms with van der Waals surface area (Å²) in [5.74, 6) is 1.06. The lowest BCUT2D eigenvalue weighted by atomic mass is 9.94. The summed E-state index contributed by atoms with van der Waals surface area (Å²) in [5, 5.41) is 11.4. The van der Waals surface area contributed by atoms with Crippen LogP contribution in [0.25, 0.3) is 0 Å². The summed E-state index contributed by atoms with van der Waals surface area (Å²) in [4.78, 5) is 18.0. The molecular formula is C28H26ClN5O2. The summed E-state index contributed by atoms with van der Waals surface area (Å²) in [7, 11) is 0. The maximum Gasteiger partial charge on any atom is 0.255 e. The van der Waals surface area contributed by atoms with Gasteiger partial charge in [0.05, 0.1) is 5.57 Å². The summed E-state index contributed by atoms with van der Waals surface area (Å²) in [6.07, 6.45) is 1.48. The largest absolute Gasteiger partial charge is 0.489 e. The van der Waals surface area contributed by atoms with Crippen LogP contribution in [0.4, 0.5) is 11.6 Å². The molecule has 8 heteroatoms. The van der Waals surface area contributed by atoms with Crippen LogP contribution in [-0.4, -0.2) is 20.7 Å². The minimum absolute atomic E-state index is 0.203. The summed E-state index contributed by atoms with van der Waals surface area (Å²) >= 11 is 5.99. The zero-order valence-electron chi connectivity index (χ0n) is 20.2. The number of rotatable bonds is 6. The van der Waals surface area contributed by atoms with Gasteiger partial charge in [0.25, 0.3) is 5.91 Å². The topological polar surface area (TPSA) is 81.1 Å². The van der Waals surface area contributed by atoms with Gasteiger partial charge in [-0.2, -0.15) is 10.1 Å². The number of aromatic nitrogens is 3. The van der Waals surface area contributed by atoms with Gasteiger partial charge in [0.2, 0.25) is 5.95 Å². The lowest BCUT2D eigenvalue weighted by molar-refractivity contribution is -0.113. The summed E-state index contributed by atoms with van der Waals surface area (Å²) in [6, 6.07) is 20.7. The van der Waals surface area contributed by atoms with Gasteiger partial charge in [-0.3, -0.25) is 4.79 Å². The molecule has 2 heterocycles. The number of benzene rings is 3. The lowest BCUT2D eigenvalue weighted by Crippen LogP contribution is -2.31. The Hall–Kier alpha value is -4.10. The van der Waals surface area contributed by atoms with Gasteiger partial charge in [0.1, 0.15) is 24.7 Å². The van der Waals surface area contributed by atoms with Crippen molar-refractivity contribution in [1.29, 1.82) is 0 Å². The van der Waals surface area contributed by atoms with Crippen molar-refractivity contribution in [2.75, 3.05) is 10.6 Å². The Morgan fingerprint density at radius 2 is 1.89 bits per heavy atom. The molecule has 4 aromatic rings. The van der Waals surface area contributed by atoms with Crippen molar-refractivity contribution in [3.63, 3.8) is 0 Å². The zero-order valence-corrected chi connectivity index (χ0v) is 21.0. The van der Waals surface area contributed by atoms with E-state index in [4.69, 9.17) is 16.3 Å². The van der Waals surface area contributed by atoms with E-state index in [2.05, 4.69) is 20.7 Å². The highest BCUT2D eigenvalue weighted by atomic mass is 35.5. The molecule has 1 atom stereocenters. The zero-order chi connectivity index (χ0) is 25.2. The summed E-state index contributed by atoms with van der Waals surface area (Å²) < 4.78 is 7.78. The molecule has 7 nitrogen and oxygen atoms in total. The van der Waals surface area contributed by atoms with Crippen molar-refractivity contribution in [1.82, 2.24) is 14.8 Å². The second-order valence-electron chi connectivity index (χ2n) is 8.85. The van der Waals surface area contributed by atoms with E-state index in [9.17, 15) is 4.79 Å². The first kappa shape index (κ1) is 23.6. The Balaban J connectivity index is 1.46. The number of nitrogens with zero attached hydrogens (tertiary/aromatic N) is 3. The fourth-order valence-electron chi connectivity index (χ4n) is 4.36. The third-order valence-corrected chi connectivity index (χ3v) is 6.41. The molecule has 0 radical (unpaired) electrons. The number of fused-ring (bicyclic) bond motifs is 1. The van der Waals surface area contributed by atoms with E-state index >= 15 is 0 Å². The molecule has 1 aliphatic heterocycles. The van der Waals surface area contributed by atoms with E-state index in [1.54, 1.807) is 4.68 Å². The number of carbonyl (C=O) groups is 1. The Morgan fingerprint density at radius 3 is 2.67 bits per heavy atom. The third kappa shape index (κ3) is 4.83. The Kier molecular flexibility index (Phi) is 6.48. The molecule has 1 aromatic heterocycles. The molecule has 182 valence electrons. The van der Waals surface area contributed by atoms with E-state index in [1.807, 2.05) is 87.5 Å². The van der Waals surface area contributed by atoms with Gasteiger partial charge >= 0.3 is 0 Å². The van der Waals surface area contributed by atoms with Crippen LogP contribution in [0.5, 0.6) is 5.75 Å². The lowest BCUT2D eigenvalue weighted by Gasteiger charge is -2.29. The van der Waals surface area contributed by atoms with E-state index in [0.29, 0.717) is 28.9 Å². The van der Waals surface area contributed by atoms with Gasteiger partial charge in [-0.25, -0.2) is 4.68 Å². The van der Waals surface area contributed by atoms with Crippen LogP contribution >= 0.6 is 11.6 Å². The number of aryl methyl sites for hydroxylation is 2. The van der Waals surface area contributed by atoms with Crippen LogP contribution in [0.2, 0.25) is 5.02 Å². The molecule has 1 amide bonds. The van der Waals surface area contributed by atoms with E-state index in [-0.39, 0.29) is 5.91 Å².